The van der Waals surface area contributed by atoms with Gasteiger partial charge in [0.05, 0.1) is 12.1 Å². The Kier molecular flexibility index (Phi) is 2.72. The summed E-state index contributed by atoms with van der Waals surface area (Å²) in [6.45, 7) is 0. The first-order valence-corrected chi connectivity index (χ1v) is 3.71. The summed E-state index contributed by atoms with van der Waals surface area (Å²) in [5, 5.41) is 8.72. The molecule has 0 aliphatic carbocycles. The Bertz CT molecular complexity index is 351. The van der Waals surface area contributed by atoms with E-state index < -0.39 is 17.3 Å². The second-order valence-electron chi connectivity index (χ2n) is 2.25. The van der Waals surface area contributed by atoms with Gasteiger partial charge < -0.3 is 9.84 Å². The highest BCUT2D eigenvalue weighted by Gasteiger charge is 2.18. The van der Waals surface area contributed by atoms with Gasteiger partial charge in [0.2, 0.25) is 0 Å². The number of hydrogen-bond donors (Lipinski definition) is 1. The van der Waals surface area contributed by atoms with E-state index in [4.69, 9.17) is 16.7 Å². The minimum atomic E-state index is -0.918. The van der Waals surface area contributed by atoms with E-state index in [2.05, 4.69) is 4.74 Å². The fourth-order valence-electron chi connectivity index (χ4n) is 0.831. The van der Waals surface area contributed by atoms with E-state index >= 15 is 0 Å². The van der Waals surface area contributed by atoms with Crippen molar-refractivity contribution in [2.45, 2.75) is 0 Å². The van der Waals surface area contributed by atoms with E-state index in [1.165, 1.54) is 0 Å². The minimum Gasteiger partial charge on any atom is -0.506 e. The molecule has 0 radical (unpaired) electrons. The van der Waals surface area contributed by atoms with E-state index in [9.17, 15) is 9.18 Å². The molecule has 0 aliphatic rings. The van der Waals surface area contributed by atoms with Gasteiger partial charge >= 0.3 is 5.97 Å². The summed E-state index contributed by atoms with van der Waals surface area (Å²) in [6, 6.07) is 2.00. The molecular formula is C8H6ClFO3. The molecule has 3 nitrogen and oxygen atoms in total. The minimum absolute atomic E-state index is 0.341. The Balaban J connectivity index is 3.33. The van der Waals surface area contributed by atoms with Crippen LogP contribution in [0.5, 0.6) is 5.75 Å². The molecule has 70 valence electrons. The molecule has 0 aromatic heterocycles. The third-order valence-electron chi connectivity index (χ3n) is 1.46. The number of benzene rings is 1. The standard InChI is InChI=1S/C8H6ClFO3/c1-13-8(12)6-4(10)2-3-5(11)7(6)9/h2-3,11H,1H3. The zero-order valence-corrected chi connectivity index (χ0v) is 7.43. The summed E-state index contributed by atoms with van der Waals surface area (Å²) in [5.74, 6) is -2.10. The van der Waals surface area contributed by atoms with Crippen LogP contribution in [0.2, 0.25) is 5.02 Å². The molecule has 0 fully saturated rings. The van der Waals surface area contributed by atoms with Crippen molar-refractivity contribution < 1.29 is 19.0 Å². The summed E-state index contributed by atoms with van der Waals surface area (Å²) in [4.78, 5) is 10.9. The topological polar surface area (TPSA) is 46.5 Å². The number of rotatable bonds is 1. The fraction of sp³-hybridized carbons (Fsp3) is 0.125. The Labute approximate surface area is 78.7 Å². The number of methoxy groups -OCH3 is 1. The molecule has 1 aromatic carbocycles. The number of carbonyl (C=O) groups is 1. The van der Waals surface area contributed by atoms with E-state index in [0.29, 0.717) is 0 Å². The molecule has 0 spiro atoms. The lowest BCUT2D eigenvalue weighted by Crippen LogP contribution is -2.05. The number of ether oxygens (including phenoxy) is 1. The number of phenolic OH excluding ortho intramolecular Hbond substituents is 1. The summed E-state index contributed by atoms with van der Waals surface area (Å²) in [7, 11) is 1.10. The Hall–Kier alpha value is -1.29. The van der Waals surface area contributed by atoms with Crippen molar-refractivity contribution in [2.24, 2.45) is 0 Å². The first-order valence-electron chi connectivity index (χ1n) is 3.33. The number of esters is 1. The number of aromatic hydroxyl groups is 1. The quantitative estimate of drug-likeness (QED) is 0.712. The van der Waals surface area contributed by atoms with Crippen molar-refractivity contribution >= 4 is 17.6 Å². The van der Waals surface area contributed by atoms with E-state index in [1.54, 1.807) is 0 Å². The summed E-state index contributed by atoms with van der Waals surface area (Å²) in [6.07, 6.45) is 0. The maximum atomic E-state index is 13.0. The number of phenols is 1. The van der Waals surface area contributed by atoms with Crippen LogP contribution in [0.25, 0.3) is 0 Å². The highest BCUT2D eigenvalue weighted by molar-refractivity contribution is 6.35. The zero-order valence-electron chi connectivity index (χ0n) is 6.67. The maximum Gasteiger partial charge on any atom is 0.342 e. The van der Waals surface area contributed by atoms with Gasteiger partial charge in [0.1, 0.15) is 17.1 Å². The van der Waals surface area contributed by atoms with Gasteiger partial charge in [0.15, 0.2) is 0 Å². The van der Waals surface area contributed by atoms with Crippen molar-refractivity contribution in [3.63, 3.8) is 0 Å². The molecule has 0 bridgehead atoms. The first kappa shape index (κ1) is 9.80. The third-order valence-corrected chi connectivity index (χ3v) is 1.84. The van der Waals surface area contributed by atoms with E-state index in [0.717, 1.165) is 19.2 Å². The molecule has 1 N–H and O–H groups in total. The first-order chi connectivity index (χ1) is 6.07. The van der Waals surface area contributed by atoms with Crippen LogP contribution < -0.4 is 0 Å². The molecule has 0 atom stereocenters. The van der Waals surface area contributed by atoms with Gasteiger partial charge in [0.25, 0.3) is 0 Å². The molecule has 0 aliphatic heterocycles. The number of halogens is 2. The summed E-state index contributed by atoms with van der Waals surface area (Å²) in [5.41, 5.74) is -0.454. The Morgan fingerprint density at radius 1 is 1.62 bits per heavy atom. The van der Waals surface area contributed by atoms with Crippen LogP contribution in [0.15, 0.2) is 12.1 Å². The van der Waals surface area contributed by atoms with Crippen LogP contribution in [-0.4, -0.2) is 18.2 Å². The van der Waals surface area contributed by atoms with Crippen LogP contribution in [0.4, 0.5) is 4.39 Å². The maximum absolute atomic E-state index is 13.0. The Morgan fingerprint density at radius 3 is 2.77 bits per heavy atom. The van der Waals surface area contributed by atoms with Gasteiger partial charge in [-0.05, 0) is 12.1 Å². The molecule has 0 heterocycles. The van der Waals surface area contributed by atoms with Crippen molar-refractivity contribution in [3.05, 3.63) is 28.5 Å². The lowest BCUT2D eigenvalue weighted by Gasteiger charge is -2.04. The van der Waals surface area contributed by atoms with Crippen molar-refractivity contribution in [2.75, 3.05) is 7.11 Å². The monoisotopic (exact) mass is 204 g/mol. The van der Waals surface area contributed by atoms with Gasteiger partial charge in [-0.3, -0.25) is 0 Å². The van der Waals surface area contributed by atoms with Crippen LogP contribution in [-0.2, 0) is 4.74 Å². The van der Waals surface area contributed by atoms with Crippen LogP contribution >= 0.6 is 11.6 Å². The Morgan fingerprint density at radius 2 is 2.23 bits per heavy atom. The largest absolute Gasteiger partial charge is 0.506 e. The summed E-state index contributed by atoms with van der Waals surface area (Å²) >= 11 is 5.48. The molecular weight excluding hydrogens is 199 g/mol. The summed E-state index contributed by atoms with van der Waals surface area (Å²) < 4.78 is 17.2. The van der Waals surface area contributed by atoms with Gasteiger partial charge in [-0.1, -0.05) is 11.6 Å². The lowest BCUT2D eigenvalue weighted by atomic mass is 10.2. The van der Waals surface area contributed by atoms with Crippen LogP contribution in [0.3, 0.4) is 0 Å². The highest BCUT2D eigenvalue weighted by Crippen LogP contribution is 2.29. The zero-order chi connectivity index (χ0) is 10.0. The van der Waals surface area contributed by atoms with Crippen molar-refractivity contribution in [1.29, 1.82) is 0 Å². The SMILES string of the molecule is COC(=O)c1c(F)ccc(O)c1Cl. The molecule has 1 aromatic rings. The normalized spacial score (nSPS) is 9.77. The van der Waals surface area contributed by atoms with Crippen molar-refractivity contribution in [3.8, 4) is 5.75 Å². The second-order valence-corrected chi connectivity index (χ2v) is 2.63. The van der Waals surface area contributed by atoms with E-state index in [1.807, 2.05) is 0 Å². The van der Waals surface area contributed by atoms with Gasteiger partial charge in [-0.25, -0.2) is 9.18 Å². The average Bonchev–Trinajstić information content (AvgIpc) is 2.12. The molecule has 0 saturated heterocycles. The number of hydrogen-bond acceptors (Lipinski definition) is 3. The van der Waals surface area contributed by atoms with Crippen molar-refractivity contribution in [1.82, 2.24) is 0 Å². The predicted octanol–water partition coefficient (Wildman–Crippen LogP) is 1.97. The smallest absolute Gasteiger partial charge is 0.342 e. The molecule has 1 rings (SSSR count). The molecule has 0 unspecified atom stereocenters. The third kappa shape index (κ3) is 1.72. The molecule has 0 amide bonds. The fourth-order valence-corrected chi connectivity index (χ4v) is 1.06. The molecule has 0 saturated carbocycles. The van der Waals surface area contributed by atoms with E-state index in [-0.39, 0.29) is 10.8 Å². The lowest BCUT2D eigenvalue weighted by molar-refractivity contribution is 0.0595. The molecule has 13 heavy (non-hydrogen) atoms. The predicted molar refractivity (Wildman–Crippen MR) is 44.4 cm³/mol. The average molecular weight is 205 g/mol. The number of carbonyl (C=O) groups excluding carboxylic acids is 1. The van der Waals surface area contributed by atoms with Gasteiger partial charge in [0, 0.05) is 0 Å². The molecule has 5 heteroatoms. The van der Waals surface area contributed by atoms with Crippen LogP contribution in [0.1, 0.15) is 10.4 Å². The van der Waals surface area contributed by atoms with Gasteiger partial charge in [-0.2, -0.15) is 0 Å². The highest BCUT2D eigenvalue weighted by atomic mass is 35.5. The van der Waals surface area contributed by atoms with Gasteiger partial charge in [-0.15, -0.1) is 0 Å². The van der Waals surface area contributed by atoms with Crippen LogP contribution in [0, 0.1) is 5.82 Å². The second kappa shape index (κ2) is 3.62.